The molecule has 1 heterocycles. The molecule has 1 aromatic heterocycles. The van der Waals surface area contributed by atoms with Crippen molar-refractivity contribution in [2.45, 2.75) is 6.92 Å². The molecule has 0 saturated carbocycles. The Morgan fingerprint density at radius 1 is 1.83 bits per heavy atom. The van der Waals surface area contributed by atoms with Gasteiger partial charge >= 0.3 is 5.97 Å². The fourth-order valence-corrected chi connectivity index (χ4v) is 0.886. The summed E-state index contributed by atoms with van der Waals surface area (Å²) < 4.78 is 6.16. The first-order valence-electron chi connectivity index (χ1n) is 3.61. The van der Waals surface area contributed by atoms with Gasteiger partial charge in [0.05, 0.1) is 6.61 Å². The van der Waals surface area contributed by atoms with Gasteiger partial charge < -0.3 is 4.74 Å². The number of hydrogen-bond donors (Lipinski definition) is 0. The maximum Gasteiger partial charge on any atom is 0.356 e. The molecule has 2 radical (unpaired) electrons. The van der Waals surface area contributed by atoms with Crippen LogP contribution in [0.4, 0.5) is 0 Å². The smallest absolute Gasteiger partial charge is 0.356 e. The van der Waals surface area contributed by atoms with Gasteiger partial charge in [0.2, 0.25) is 0 Å². The van der Waals surface area contributed by atoms with Crippen LogP contribution in [0.3, 0.4) is 0 Å². The van der Waals surface area contributed by atoms with Crippen LogP contribution in [0, 0.1) is 0 Å². The van der Waals surface area contributed by atoms with Crippen molar-refractivity contribution in [2.24, 2.45) is 7.05 Å². The molecule has 5 heteroatoms. The molecular weight excluding hydrogens is 155 g/mol. The predicted molar refractivity (Wildman–Crippen MR) is 44.6 cm³/mol. The number of ether oxygens (including phenoxy) is 1. The molecule has 62 valence electrons. The maximum absolute atomic E-state index is 11.1. The van der Waals surface area contributed by atoms with Gasteiger partial charge in [0.15, 0.2) is 0 Å². The summed E-state index contributed by atoms with van der Waals surface area (Å²) in [6.07, 6.45) is 0. The van der Waals surface area contributed by atoms with Gasteiger partial charge in [0, 0.05) is 12.6 Å². The summed E-state index contributed by atoms with van der Waals surface area (Å²) in [6.45, 7) is 2.10. The lowest BCUT2D eigenvalue weighted by Gasteiger charge is -2.00. The lowest BCUT2D eigenvalue weighted by molar-refractivity contribution is 0.0513. The zero-order valence-corrected chi connectivity index (χ0v) is 7.07. The van der Waals surface area contributed by atoms with E-state index in [1.165, 1.54) is 10.7 Å². The Bertz CT molecular complexity index is 296. The van der Waals surface area contributed by atoms with Crippen LogP contribution < -0.4 is 5.59 Å². The third-order valence-corrected chi connectivity index (χ3v) is 1.38. The van der Waals surface area contributed by atoms with Crippen LogP contribution >= 0.6 is 0 Å². The van der Waals surface area contributed by atoms with Crippen LogP contribution in [0.1, 0.15) is 17.4 Å². The maximum atomic E-state index is 11.1. The SMILES string of the molecule is [B]c1cc(C(=O)OCC)n(C)n1. The number of rotatable bonds is 2. The molecule has 0 amide bonds. The molecule has 0 N–H and O–H groups in total. The van der Waals surface area contributed by atoms with E-state index in [9.17, 15) is 4.79 Å². The van der Waals surface area contributed by atoms with Crippen LogP contribution in [0.2, 0.25) is 0 Å². The molecule has 4 nitrogen and oxygen atoms in total. The molecule has 0 atom stereocenters. The Kier molecular flexibility index (Phi) is 2.52. The first-order valence-corrected chi connectivity index (χ1v) is 3.61. The molecule has 0 bridgehead atoms. The Balaban J connectivity index is 2.87. The van der Waals surface area contributed by atoms with Crippen molar-refractivity contribution in [1.82, 2.24) is 9.78 Å². The third-order valence-electron chi connectivity index (χ3n) is 1.38. The molecule has 0 spiro atoms. The number of aryl methyl sites for hydroxylation is 1. The second-order valence-corrected chi connectivity index (χ2v) is 2.30. The van der Waals surface area contributed by atoms with Crippen molar-refractivity contribution < 1.29 is 9.53 Å². The summed E-state index contributed by atoms with van der Waals surface area (Å²) in [7, 11) is 7.02. The molecule has 1 rings (SSSR count). The van der Waals surface area contributed by atoms with Crippen LogP contribution in [0.15, 0.2) is 6.07 Å². The van der Waals surface area contributed by atoms with Crippen LogP contribution in [0.5, 0.6) is 0 Å². The van der Waals surface area contributed by atoms with Gasteiger partial charge in [0.25, 0.3) is 0 Å². The van der Waals surface area contributed by atoms with Crippen molar-refractivity contribution in [3.8, 4) is 0 Å². The quantitative estimate of drug-likeness (QED) is 0.432. The zero-order chi connectivity index (χ0) is 9.14. The average Bonchev–Trinajstić information content (AvgIpc) is 2.30. The number of aromatic nitrogens is 2. The number of nitrogens with zero attached hydrogens (tertiary/aromatic N) is 2. The largest absolute Gasteiger partial charge is 0.461 e. The normalized spacial score (nSPS) is 9.83. The Morgan fingerprint density at radius 3 is 2.92 bits per heavy atom. The van der Waals surface area contributed by atoms with E-state index >= 15 is 0 Å². The van der Waals surface area contributed by atoms with E-state index in [4.69, 9.17) is 12.6 Å². The number of hydrogen-bond acceptors (Lipinski definition) is 3. The number of esters is 1. The van der Waals surface area contributed by atoms with Crippen molar-refractivity contribution in [1.29, 1.82) is 0 Å². The Labute approximate surface area is 71.9 Å². The molecule has 0 aliphatic carbocycles. The topological polar surface area (TPSA) is 44.1 Å². The van der Waals surface area contributed by atoms with Gasteiger partial charge in [-0.3, -0.25) is 4.68 Å². The van der Waals surface area contributed by atoms with E-state index in [1.54, 1.807) is 14.0 Å². The van der Waals surface area contributed by atoms with Crippen LogP contribution in [-0.4, -0.2) is 30.2 Å². The summed E-state index contributed by atoms with van der Waals surface area (Å²) in [5, 5.41) is 3.81. The minimum Gasteiger partial charge on any atom is -0.461 e. The van der Waals surface area contributed by atoms with Gasteiger partial charge in [-0.15, -0.1) is 0 Å². The predicted octanol–water partition coefficient (Wildman–Crippen LogP) is -0.609. The van der Waals surface area contributed by atoms with E-state index in [2.05, 4.69) is 5.10 Å². The van der Waals surface area contributed by atoms with E-state index in [0.29, 0.717) is 17.9 Å². The number of carbonyl (C=O) groups excluding carboxylic acids is 1. The highest BCUT2D eigenvalue weighted by Gasteiger charge is 2.11. The highest BCUT2D eigenvalue weighted by molar-refractivity contribution is 6.31. The van der Waals surface area contributed by atoms with Gasteiger partial charge in [-0.05, 0) is 13.0 Å². The van der Waals surface area contributed by atoms with Crippen molar-refractivity contribution >= 4 is 19.4 Å². The minimum atomic E-state index is -0.399. The van der Waals surface area contributed by atoms with Crippen molar-refractivity contribution in [2.75, 3.05) is 6.61 Å². The van der Waals surface area contributed by atoms with E-state index < -0.39 is 5.97 Å². The second-order valence-electron chi connectivity index (χ2n) is 2.30. The molecule has 0 fully saturated rings. The first kappa shape index (κ1) is 8.84. The second kappa shape index (κ2) is 3.43. The summed E-state index contributed by atoms with van der Waals surface area (Å²) in [6, 6.07) is 1.48. The fraction of sp³-hybridized carbons (Fsp3) is 0.429. The molecule has 0 unspecified atom stereocenters. The van der Waals surface area contributed by atoms with Gasteiger partial charge in [-0.2, -0.15) is 5.10 Å². The summed E-state index contributed by atoms with van der Waals surface area (Å²) >= 11 is 0. The molecule has 0 aliphatic heterocycles. The molecule has 0 saturated heterocycles. The zero-order valence-electron chi connectivity index (χ0n) is 7.07. The summed E-state index contributed by atoms with van der Waals surface area (Å²) in [5.74, 6) is -0.399. The van der Waals surface area contributed by atoms with Gasteiger partial charge in [-0.25, -0.2) is 4.79 Å². The van der Waals surface area contributed by atoms with E-state index in [1.807, 2.05) is 0 Å². The van der Waals surface area contributed by atoms with Crippen LogP contribution in [-0.2, 0) is 11.8 Å². The molecule has 1 aromatic rings. The lowest BCUT2D eigenvalue weighted by Crippen LogP contribution is -2.10. The number of carbonyl (C=O) groups is 1. The molecule has 12 heavy (non-hydrogen) atoms. The summed E-state index contributed by atoms with van der Waals surface area (Å²) in [4.78, 5) is 11.1. The first-order chi connectivity index (χ1) is 5.65. The van der Waals surface area contributed by atoms with Gasteiger partial charge in [-0.1, -0.05) is 0 Å². The van der Waals surface area contributed by atoms with Gasteiger partial charge in [0.1, 0.15) is 13.5 Å². The molecular formula is C7H9BN2O2. The standard InChI is InChI=1S/C7H9BN2O2/c1-3-12-7(11)5-4-6(8)9-10(5)2/h4H,3H2,1-2H3. The Hall–Kier alpha value is -1.26. The highest BCUT2D eigenvalue weighted by Crippen LogP contribution is 1.96. The average molecular weight is 164 g/mol. The lowest BCUT2D eigenvalue weighted by atomic mass is 10.1. The van der Waals surface area contributed by atoms with Crippen molar-refractivity contribution in [3.05, 3.63) is 11.8 Å². The van der Waals surface area contributed by atoms with E-state index in [-0.39, 0.29) is 0 Å². The van der Waals surface area contributed by atoms with Crippen molar-refractivity contribution in [3.63, 3.8) is 0 Å². The molecule has 0 aromatic carbocycles. The highest BCUT2D eigenvalue weighted by atomic mass is 16.5. The Morgan fingerprint density at radius 2 is 2.50 bits per heavy atom. The van der Waals surface area contributed by atoms with Crippen LogP contribution in [0.25, 0.3) is 0 Å². The summed E-state index contributed by atoms with van der Waals surface area (Å²) in [5.41, 5.74) is 0.690. The van der Waals surface area contributed by atoms with E-state index in [0.717, 1.165) is 0 Å². The third kappa shape index (κ3) is 1.67. The monoisotopic (exact) mass is 164 g/mol. The molecule has 0 aliphatic rings. The fourth-order valence-electron chi connectivity index (χ4n) is 0.886. The minimum absolute atomic E-state index is 0.320.